The lowest BCUT2D eigenvalue weighted by Gasteiger charge is -2.45. The molecule has 0 amide bonds. The van der Waals surface area contributed by atoms with E-state index in [1.165, 1.54) is 19.3 Å². The second-order valence-corrected chi connectivity index (χ2v) is 5.43. The van der Waals surface area contributed by atoms with Gasteiger partial charge in [0.1, 0.15) is 6.04 Å². The first-order valence-electron chi connectivity index (χ1n) is 5.81. The van der Waals surface area contributed by atoms with Crippen LogP contribution in [0.25, 0.3) is 0 Å². The minimum Gasteiger partial charge on any atom is -0.480 e. The summed E-state index contributed by atoms with van der Waals surface area (Å²) >= 11 is 0. The third kappa shape index (κ3) is 2.71. The monoisotopic (exact) mass is 213 g/mol. The van der Waals surface area contributed by atoms with Gasteiger partial charge in [-0.1, -0.05) is 26.7 Å². The van der Waals surface area contributed by atoms with Gasteiger partial charge in [0, 0.05) is 6.04 Å². The third-order valence-corrected chi connectivity index (χ3v) is 3.91. The van der Waals surface area contributed by atoms with E-state index in [1.54, 1.807) is 6.92 Å². The lowest BCUT2D eigenvalue weighted by atomic mass is 9.72. The number of rotatable bonds is 3. The maximum atomic E-state index is 11.0. The van der Waals surface area contributed by atoms with Crippen LogP contribution in [0.5, 0.6) is 0 Å². The fourth-order valence-electron chi connectivity index (χ4n) is 2.67. The highest BCUT2D eigenvalue weighted by molar-refractivity contribution is 5.72. The van der Waals surface area contributed by atoms with Crippen LogP contribution in [0.2, 0.25) is 0 Å². The molecule has 1 fully saturated rings. The average molecular weight is 213 g/mol. The van der Waals surface area contributed by atoms with E-state index in [0.29, 0.717) is 6.04 Å². The van der Waals surface area contributed by atoms with E-state index in [9.17, 15) is 4.79 Å². The Morgan fingerprint density at radius 1 is 1.47 bits per heavy atom. The molecule has 15 heavy (non-hydrogen) atoms. The van der Waals surface area contributed by atoms with Crippen molar-refractivity contribution in [3.05, 3.63) is 0 Å². The van der Waals surface area contributed by atoms with Gasteiger partial charge in [0.05, 0.1) is 0 Å². The second-order valence-electron chi connectivity index (χ2n) is 5.43. The van der Waals surface area contributed by atoms with Crippen LogP contribution >= 0.6 is 0 Å². The van der Waals surface area contributed by atoms with Crippen molar-refractivity contribution in [3.63, 3.8) is 0 Å². The fraction of sp³-hybridized carbons (Fsp3) is 0.917. The number of carboxylic acids is 1. The zero-order valence-electron chi connectivity index (χ0n) is 10.3. The molecular formula is C12H23NO2. The van der Waals surface area contributed by atoms with Gasteiger partial charge < -0.3 is 5.11 Å². The van der Waals surface area contributed by atoms with E-state index < -0.39 is 5.97 Å². The van der Waals surface area contributed by atoms with E-state index in [4.69, 9.17) is 5.11 Å². The van der Waals surface area contributed by atoms with Gasteiger partial charge in [0.25, 0.3) is 0 Å². The Bertz CT molecular complexity index is 238. The summed E-state index contributed by atoms with van der Waals surface area (Å²) in [6.07, 6.45) is 4.83. The minimum absolute atomic E-state index is 0.247. The molecule has 1 N–H and O–H groups in total. The van der Waals surface area contributed by atoms with Crippen molar-refractivity contribution in [1.29, 1.82) is 0 Å². The van der Waals surface area contributed by atoms with Gasteiger partial charge in [-0.05, 0) is 32.2 Å². The molecule has 1 aliphatic rings. The van der Waals surface area contributed by atoms with Crippen LogP contribution in [-0.4, -0.2) is 35.1 Å². The first-order chi connectivity index (χ1) is 6.86. The molecule has 1 rings (SSSR count). The summed E-state index contributed by atoms with van der Waals surface area (Å²) in [5, 5.41) is 9.01. The second kappa shape index (κ2) is 4.52. The number of nitrogens with zero attached hydrogens (tertiary/aromatic N) is 1. The summed E-state index contributed by atoms with van der Waals surface area (Å²) in [7, 11) is 1.94. The van der Waals surface area contributed by atoms with Gasteiger partial charge in [0.2, 0.25) is 0 Å². The van der Waals surface area contributed by atoms with Crippen LogP contribution in [-0.2, 0) is 4.79 Å². The van der Waals surface area contributed by atoms with Gasteiger partial charge in [-0.2, -0.15) is 0 Å². The topological polar surface area (TPSA) is 40.5 Å². The molecule has 0 aliphatic heterocycles. The Balaban J connectivity index is 2.72. The minimum atomic E-state index is -0.723. The van der Waals surface area contributed by atoms with Crippen LogP contribution in [0.3, 0.4) is 0 Å². The van der Waals surface area contributed by atoms with Crippen LogP contribution in [0, 0.1) is 5.41 Å². The highest BCUT2D eigenvalue weighted by Crippen LogP contribution is 2.38. The van der Waals surface area contributed by atoms with Gasteiger partial charge >= 0.3 is 5.97 Å². The summed E-state index contributed by atoms with van der Waals surface area (Å²) in [6.45, 7) is 6.27. The van der Waals surface area contributed by atoms with Crippen molar-refractivity contribution in [2.75, 3.05) is 7.05 Å². The van der Waals surface area contributed by atoms with Crippen LogP contribution in [0.1, 0.15) is 46.5 Å². The molecule has 1 aliphatic carbocycles. The molecule has 0 heterocycles. The van der Waals surface area contributed by atoms with Crippen molar-refractivity contribution in [2.24, 2.45) is 5.41 Å². The lowest BCUT2D eigenvalue weighted by molar-refractivity contribution is -0.144. The number of aliphatic carboxylic acids is 1. The molecule has 3 nitrogen and oxygen atoms in total. The zero-order chi connectivity index (χ0) is 11.6. The summed E-state index contributed by atoms with van der Waals surface area (Å²) < 4.78 is 0. The fourth-order valence-corrected chi connectivity index (χ4v) is 2.67. The van der Waals surface area contributed by atoms with Crippen molar-refractivity contribution in [1.82, 2.24) is 4.90 Å². The Hall–Kier alpha value is -0.570. The number of hydrogen-bond donors (Lipinski definition) is 1. The normalized spacial score (nSPS) is 27.7. The van der Waals surface area contributed by atoms with Gasteiger partial charge in [-0.25, -0.2) is 0 Å². The highest BCUT2D eigenvalue weighted by atomic mass is 16.4. The molecule has 0 radical (unpaired) electrons. The molecular weight excluding hydrogens is 190 g/mol. The number of carbonyl (C=O) groups is 1. The quantitative estimate of drug-likeness (QED) is 0.782. The summed E-state index contributed by atoms with van der Waals surface area (Å²) in [5.41, 5.74) is 0.247. The molecule has 0 bridgehead atoms. The first kappa shape index (κ1) is 12.5. The van der Waals surface area contributed by atoms with Crippen LogP contribution in [0.15, 0.2) is 0 Å². The Morgan fingerprint density at radius 3 is 2.53 bits per heavy atom. The zero-order valence-corrected chi connectivity index (χ0v) is 10.3. The van der Waals surface area contributed by atoms with Gasteiger partial charge in [-0.3, -0.25) is 9.69 Å². The number of carboxylic acid groups (broad SMARTS) is 1. The first-order valence-corrected chi connectivity index (χ1v) is 5.81. The smallest absolute Gasteiger partial charge is 0.320 e. The molecule has 0 spiro atoms. The SMILES string of the molecule is CC(C(=O)O)N(C)C1CCCCC1(C)C. The molecule has 2 atom stereocenters. The molecule has 2 unspecified atom stereocenters. The number of hydrogen-bond acceptors (Lipinski definition) is 2. The number of likely N-dealkylation sites (N-methyl/N-ethyl adjacent to an activating group) is 1. The highest BCUT2D eigenvalue weighted by Gasteiger charge is 2.37. The van der Waals surface area contributed by atoms with E-state index in [2.05, 4.69) is 13.8 Å². The van der Waals surface area contributed by atoms with E-state index >= 15 is 0 Å². The maximum Gasteiger partial charge on any atom is 0.320 e. The molecule has 0 aromatic heterocycles. The summed E-state index contributed by atoms with van der Waals surface area (Å²) in [4.78, 5) is 13.0. The van der Waals surface area contributed by atoms with Crippen molar-refractivity contribution in [2.45, 2.75) is 58.5 Å². The molecule has 0 saturated heterocycles. The molecule has 1 saturated carbocycles. The maximum absolute atomic E-state index is 11.0. The van der Waals surface area contributed by atoms with Crippen molar-refractivity contribution < 1.29 is 9.90 Å². The summed E-state index contributed by atoms with van der Waals surface area (Å²) in [5.74, 6) is -0.723. The molecule has 88 valence electrons. The molecule has 3 heteroatoms. The van der Waals surface area contributed by atoms with Crippen molar-refractivity contribution in [3.8, 4) is 0 Å². The third-order valence-electron chi connectivity index (χ3n) is 3.91. The van der Waals surface area contributed by atoms with E-state index in [1.807, 2.05) is 11.9 Å². The Labute approximate surface area is 92.5 Å². The predicted octanol–water partition coefficient (Wildman–Crippen LogP) is 2.36. The largest absolute Gasteiger partial charge is 0.480 e. The van der Waals surface area contributed by atoms with Gasteiger partial charge in [0.15, 0.2) is 0 Å². The summed E-state index contributed by atoms with van der Waals surface area (Å²) in [6, 6.07) is 0.0183. The van der Waals surface area contributed by atoms with Crippen LogP contribution in [0.4, 0.5) is 0 Å². The van der Waals surface area contributed by atoms with E-state index in [-0.39, 0.29) is 11.5 Å². The Kier molecular flexibility index (Phi) is 3.77. The lowest BCUT2D eigenvalue weighted by Crippen LogP contribution is -2.51. The molecule has 0 aromatic rings. The Morgan fingerprint density at radius 2 is 2.07 bits per heavy atom. The predicted molar refractivity (Wildman–Crippen MR) is 60.9 cm³/mol. The van der Waals surface area contributed by atoms with Gasteiger partial charge in [-0.15, -0.1) is 0 Å². The standard InChI is InChI=1S/C12H23NO2/c1-9(11(14)15)13(4)10-7-5-6-8-12(10,2)3/h9-10H,5-8H2,1-4H3,(H,14,15). The van der Waals surface area contributed by atoms with Crippen LogP contribution < -0.4 is 0 Å². The van der Waals surface area contributed by atoms with Crippen molar-refractivity contribution >= 4 is 5.97 Å². The average Bonchev–Trinajstić information content (AvgIpc) is 2.15. The van der Waals surface area contributed by atoms with E-state index in [0.717, 1.165) is 6.42 Å². The molecule has 0 aromatic carbocycles.